The highest BCUT2D eigenvalue weighted by Crippen LogP contribution is 2.33. The summed E-state index contributed by atoms with van der Waals surface area (Å²) in [6.45, 7) is 2.93. The number of anilines is 2. The third-order valence-electron chi connectivity index (χ3n) is 5.28. The van der Waals surface area contributed by atoms with Gasteiger partial charge >= 0.3 is 18.3 Å². The van der Waals surface area contributed by atoms with Gasteiger partial charge in [0.15, 0.2) is 0 Å². The molecule has 6 N–H and O–H groups in total. The van der Waals surface area contributed by atoms with Crippen molar-refractivity contribution < 1.29 is 49.5 Å². The summed E-state index contributed by atoms with van der Waals surface area (Å²) in [4.78, 5) is 42.7. The van der Waals surface area contributed by atoms with E-state index in [0.29, 0.717) is 23.1 Å². The average Bonchev–Trinajstić information content (AvgIpc) is 2.89. The molecule has 43 heavy (non-hydrogen) atoms. The number of sulfonamides is 1. The molecule has 0 aliphatic heterocycles. The summed E-state index contributed by atoms with van der Waals surface area (Å²) in [7, 11) is -4.74. The first kappa shape index (κ1) is 34.5. The molecule has 2 aromatic heterocycles. The Hall–Kier alpha value is -4.72. The van der Waals surface area contributed by atoms with Crippen molar-refractivity contribution in [2.24, 2.45) is 0 Å². The summed E-state index contributed by atoms with van der Waals surface area (Å²) in [5.41, 5.74) is 7.02. The Balaban J connectivity index is 0.000000821. The summed E-state index contributed by atoms with van der Waals surface area (Å²) >= 11 is 0. The van der Waals surface area contributed by atoms with Crippen molar-refractivity contribution in [2.75, 3.05) is 11.2 Å². The molecular formula is C23H23F6N7O6S. The van der Waals surface area contributed by atoms with E-state index in [1.54, 1.807) is 23.9 Å². The van der Waals surface area contributed by atoms with Gasteiger partial charge in [-0.05, 0) is 37.6 Å². The Labute approximate surface area is 238 Å². The second kappa shape index (κ2) is 13.5. The van der Waals surface area contributed by atoms with Crippen LogP contribution in [0.5, 0.6) is 0 Å². The Morgan fingerprint density at radius 1 is 1.05 bits per heavy atom. The summed E-state index contributed by atoms with van der Waals surface area (Å²) < 4.78 is 97.4. The summed E-state index contributed by atoms with van der Waals surface area (Å²) in [5.74, 6) is -3.50. The number of nitrogens with two attached hydrogens (primary N) is 1. The van der Waals surface area contributed by atoms with Crippen molar-refractivity contribution in [3.05, 3.63) is 75.5 Å². The SMILES string of the molecule is Cc1nc(N)ccc1CNC(=O)Cn1c(C)cnc(NNS(=O)(=O)c2ccccc2C(F)(F)F)c1=O.O=C(O)C(F)(F)F. The van der Waals surface area contributed by atoms with Crippen LogP contribution in [0.4, 0.5) is 38.0 Å². The lowest BCUT2D eigenvalue weighted by molar-refractivity contribution is -0.192. The Kier molecular flexibility index (Phi) is 10.8. The zero-order valence-corrected chi connectivity index (χ0v) is 22.9. The smallest absolute Gasteiger partial charge is 0.475 e. The third kappa shape index (κ3) is 9.67. The fourth-order valence-electron chi connectivity index (χ4n) is 3.15. The van der Waals surface area contributed by atoms with Crippen LogP contribution in [0.15, 0.2) is 52.3 Å². The number of amides is 1. The fraction of sp³-hybridized carbons (Fsp3) is 0.261. The van der Waals surface area contributed by atoms with Crippen LogP contribution in [0.3, 0.4) is 0 Å². The molecule has 0 bridgehead atoms. The summed E-state index contributed by atoms with van der Waals surface area (Å²) in [6, 6.07) is 6.85. The highest BCUT2D eigenvalue weighted by atomic mass is 32.2. The largest absolute Gasteiger partial charge is 0.490 e. The van der Waals surface area contributed by atoms with E-state index in [1.807, 2.05) is 5.43 Å². The quantitative estimate of drug-likeness (QED) is 0.180. The standard InChI is InChI=1S/C21H22F3N7O4S.C2HF3O2/c1-12-9-27-19(29-30-36(34,35)16-6-4-3-5-15(16)21(22,23)24)20(33)31(12)11-18(32)26-10-14-7-8-17(25)28-13(14)2;3-2(4,5)1(6)7/h3-9,30H,10-11H2,1-2H3,(H2,25,28)(H,26,32)(H,27,29);(H,6,7). The van der Waals surface area contributed by atoms with Gasteiger partial charge in [-0.15, -0.1) is 4.83 Å². The van der Waals surface area contributed by atoms with Gasteiger partial charge in [0.2, 0.25) is 11.7 Å². The predicted octanol–water partition coefficient (Wildman–Crippen LogP) is 2.11. The van der Waals surface area contributed by atoms with E-state index in [0.717, 1.165) is 22.8 Å². The molecule has 0 radical (unpaired) electrons. The summed E-state index contributed by atoms with van der Waals surface area (Å²) in [5, 5.41) is 9.77. The Morgan fingerprint density at radius 2 is 1.65 bits per heavy atom. The first-order chi connectivity index (χ1) is 19.7. The molecular weight excluding hydrogens is 616 g/mol. The number of hydrazine groups is 1. The zero-order valence-electron chi connectivity index (χ0n) is 22.0. The maximum absolute atomic E-state index is 13.2. The van der Waals surface area contributed by atoms with Crippen LogP contribution < -0.4 is 26.9 Å². The van der Waals surface area contributed by atoms with Gasteiger partial charge in [0.25, 0.3) is 15.6 Å². The van der Waals surface area contributed by atoms with E-state index >= 15 is 0 Å². The molecule has 0 unspecified atom stereocenters. The van der Waals surface area contributed by atoms with Crippen LogP contribution in [0.1, 0.15) is 22.5 Å². The number of carbonyl (C=O) groups is 2. The molecule has 234 valence electrons. The first-order valence-electron chi connectivity index (χ1n) is 11.5. The number of nitrogens with one attached hydrogen (secondary N) is 3. The molecule has 0 saturated heterocycles. The van der Waals surface area contributed by atoms with Gasteiger partial charge in [-0.25, -0.2) is 23.2 Å². The molecule has 1 amide bonds. The number of alkyl halides is 6. The van der Waals surface area contributed by atoms with Crippen molar-refractivity contribution in [2.45, 2.75) is 44.2 Å². The maximum Gasteiger partial charge on any atom is 0.490 e. The number of aliphatic carboxylic acids is 1. The van der Waals surface area contributed by atoms with E-state index in [-0.39, 0.29) is 12.2 Å². The van der Waals surface area contributed by atoms with Gasteiger partial charge in [0, 0.05) is 24.1 Å². The molecule has 0 saturated carbocycles. The van der Waals surface area contributed by atoms with Gasteiger partial charge in [0.1, 0.15) is 12.4 Å². The number of hydrogen-bond donors (Lipinski definition) is 5. The maximum atomic E-state index is 13.2. The number of carbonyl (C=O) groups excluding carboxylic acids is 1. The second-order valence-corrected chi connectivity index (χ2v) is 10.1. The van der Waals surface area contributed by atoms with E-state index in [9.17, 15) is 44.3 Å². The molecule has 2 heterocycles. The van der Waals surface area contributed by atoms with Crippen molar-refractivity contribution in [1.82, 2.24) is 24.7 Å². The van der Waals surface area contributed by atoms with Gasteiger partial charge < -0.3 is 16.2 Å². The topological polar surface area (TPSA) is 198 Å². The van der Waals surface area contributed by atoms with E-state index in [4.69, 9.17) is 15.6 Å². The van der Waals surface area contributed by atoms with E-state index in [1.165, 1.54) is 13.1 Å². The number of aromatic nitrogens is 3. The van der Waals surface area contributed by atoms with Crippen molar-refractivity contribution in [3.63, 3.8) is 0 Å². The molecule has 13 nitrogen and oxygen atoms in total. The number of aryl methyl sites for hydroxylation is 2. The van der Waals surface area contributed by atoms with Crippen molar-refractivity contribution >= 4 is 33.5 Å². The highest BCUT2D eigenvalue weighted by Gasteiger charge is 2.38. The number of halogens is 6. The lowest BCUT2D eigenvalue weighted by Gasteiger charge is -2.15. The zero-order chi connectivity index (χ0) is 32.8. The molecule has 0 fully saturated rings. The number of carboxylic acids is 1. The molecule has 1 aromatic carbocycles. The molecule has 20 heteroatoms. The van der Waals surface area contributed by atoms with Crippen LogP contribution in [0, 0.1) is 13.8 Å². The average molecular weight is 640 g/mol. The Morgan fingerprint density at radius 3 is 2.21 bits per heavy atom. The Bertz CT molecular complexity index is 1660. The lowest BCUT2D eigenvalue weighted by atomic mass is 10.2. The monoisotopic (exact) mass is 639 g/mol. The molecule has 3 rings (SSSR count). The third-order valence-corrected chi connectivity index (χ3v) is 6.58. The number of hydrogen-bond acceptors (Lipinski definition) is 9. The van der Waals surface area contributed by atoms with Gasteiger partial charge in [-0.2, -0.15) is 26.3 Å². The number of nitrogen functional groups attached to an aromatic ring is 1. The van der Waals surface area contributed by atoms with Gasteiger partial charge in [0.05, 0.1) is 10.5 Å². The molecule has 0 spiro atoms. The minimum absolute atomic E-state index is 0.125. The summed E-state index contributed by atoms with van der Waals surface area (Å²) in [6.07, 6.45) is -8.81. The minimum Gasteiger partial charge on any atom is -0.475 e. The first-order valence-corrected chi connectivity index (χ1v) is 13.0. The fourth-order valence-corrected chi connectivity index (χ4v) is 4.22. The second-order valence-electron chi connectivity index (χ2n) is 8.42. The molecule has 0 aliphatic carbocycles. The van der Waals surface area contributed by atoms with Gasteiger partial charge in [-0.1, -0.05) is 18.2 Å². The van der Waals surface area contributed by atoms with E-state index < -0.39 is 62.6 Å². The molecule has 3 aromatic rings. The number of benzene rings is 1. The normalized spacial score (nSPS) is 11.7. The lowest BCUT2D eigenvalue weighted by Crippen LogP contribution is -2.38. The number of rotatable bonds is 8. The van der Waals surface area contributed by atoms with Gasteiger partial charge in [-0.3, -0.25) is 19.6 Å². The molecule has 0 aliphatic rings. The predicted molar refractivity (Wildman–Crippen MR) is 138 cm³/mol. The number of carboxylic acid groups (broad SMARTS) is 1. The minimum atomic E-state index is -5.08. The van der Waals surface area contributed by atoms with Crippen LogP contribution in [-0.4, -0.2) is 46.1 Å². The van der Waals surface area contributed by atoms with Crippen LogP contribution in [0.25, 0.3) is 0 Å². The van der Waals surface area contributed by atoms with Crippen molar-refractivity contribution in [1.29, 1.82) is 0 Å². The van der Waals surface area contributed by atoms with Crippen molar-refractivity contribution in [3.8, 4) is 0 Å². The van der Waals surface area contributed by atoms with E-state index in [2.05, 4.69) is 15.3 Å². The van der Waals surface area contributed by atoms with Crippen LogP contribution >= 0.6 is 0 Å². The molecule has 0 atom stereocenters. The van der Waals surface area contributed by atoms with Crippen LogP contribution in [0.2, 0.25) is 0 Å². The highest BCUT2D eigenvalue weighted by molar-refractivity contribution is 7.89. The van der Waals surface area contributed by atoms with Crippen LogP contribution in [-0.2, 0) is 38.9 Å². The number of nitrogens with zero attached hydrogens (tertiary/aromatic N) is 3. The number of pyridine rings is 1.